The molecule has 4 aromatic rings. The molecule has 3 heterocycles. The second-order valence-corrected chi connectivity index (χ2v) is 12.5. The quantitative estimate of drug-likeness (QED) is 0.290. The fourth-order valence-corrected chi connectivity index (χ4v) is 7.26. The molecule has 3 aliphatic rings. The highest BCUT2D eigenvalue weighted by molar-refractivity contribution is 5.96. The summed E-state index contributed by atoms with van der Waals surface area (Å²) in [5.41, 5.74) is 7.07. The number of hydrogen-bond donors (Lipinski definition) is 0. The molecule has 0 radical (unpaired) electrons. The van der Waals surface area contributed by atoms with E-state index in [-0.39, 0.29) is 11.8 Å². The predicted octanol–water partition coefficient (Wildman–Crippen LogP) is 5.97. The Kier molecular flexibility index (Phi) is 8.25. The Morgan fingerprint density at radius 2 is 1.18 bits per heavy atom. The lowest BCUT2D eigenvalue weighted by molar-refractivity contribution is -0.137. The minimum Gasteiger partial charge on any atom is -0.342 e. The molecule has 0 bridgehead atoms. The standard InChI is InChI=1S/C38H40N4O2/c43-37(32-16-15-28-9-7-8-14-31(28)25-32)41-19-17-34(18-20-41)40-21-23-42(24-22-40)38(44)33-26-35(29-10-3-1-4-11-29)39-36(27-33)30-12-5-2-6-13-30/h1-14,26-27,32,34H,15-25H2. The van der Waals surface area contributed by atoms with E-state index < -0.39 is 0 Å². The normalized spacial score (nSPS) is 19.4. The largest absolute Gasteiger partial charge is 0.342 e. The van der Waals surface area contributed by atoms with Crippen molar-refractivity contribution in [2.45, 2.75) is 38.1 Å². The van der Waals surface area contributed by atoms with Gasteiger partial charge in [-0.15, -0.1) is 0 Å². The molecule has 44 heavy (non-hydrogen) atoms. The maximum Gasteiger partial charge on any atom is 0.254 e. The zero-order valence-corrected chi connectivity index (χ0v) is 25.3. The van der Waals surface area contributed by atoms with Crippen LogP contribution in [0, 0.1) is 5.92 Å². The molecule has 224 valence electrons. The maximum atomic E-state index is 13.8. The third-order valence-electron chi connectivity index (χ3n) is 9.80. The maximum absolute atomic E-state index is 13.8. The van der Waals surface area contributed by atoms with Crippen molar-refractivity contribution in [3.8, 4) is 22.5 Å². The average Bonchev–Trinajstić information content (AvgIpc) is 3.11. The van der Waals surface area contributed by atoms with Gasteiger partial charge in [-0.2, -0.15) is 0 Å². The van der Waals surface area contributed by atoms with E-state index in [2.05, 4.69) is 34.1 Å². The lowest BCUT2D eigenvalue weighted by Crippen LogP contribution is -2.55. The summed E-state index contributed by atoms with van der Waals surface area (Å²) in [6.45, 7) is 4.83. The van der Waals surface area contributed by atoms with Crippen molar-refractivity contribution in [1.29, 1.82) is 0 Å². The van der Waals surface area contributed by atoms with Gasteiger partial charge in [0.15, 0.2) is 0 Å². The summed E-state index contributed by atoms with van der Waals surface area (Å²) in [4.78, 5) is 38.8. The van der Waals surface area contributed by atoms with Crippen molar-refractivity contribution in [3.05, 3.63) is 114 Å². The first-order valence-corrected chi connectivity index (χ1v) is 16.1. The van der Waals surface area contributed by atoms with Gasteiger partial charge in [-0.25, -0.2) is 4.98 Å². The molecule has 2 amide bonds. The van der Waals surface area contributed by atoms with E-state index in [0.717, 1.165) is 80.8 Å². The first kappa shape index (κ1) is 28.5. The van der Waals surface area contributed by atoms with Gasteiger partial charge >= 0.3 is 0 Å². The van der Waals surface area contributed by atoms with Gasteiger partial charge in [0.2, 0.25) is 5.91 Å². The minimum absolute atomic E-state index is 0.0656. The number of amides is 2. The third kappa shape index (κ3) is 6.04. The van der Waals surface area contributed by atoms with Crippen LogP contribution in [0.2, 0.25) is 0 Å². The first-order valence-electron chi connectivity index (χ1n) is 16.1. The van der Waals surface area contributed by atoms with Gasteiger partial charge in [0.1, 0.15) is 0 Å². The molecule has 3 aromatic carbocycles. The van der Waals surface area contributed by atoms with Crippen LogP contribution in [0.4, 0.5) is 0 Å². The molecule has 1 aromatic heterocycles. The highest BCUT2D eigenvalue weighted by Crippen LogP contribution is 2.29. The van der Waals surface area contributed by atoms with Crippen molar-refractivity contribution in [3.63, 3.8) is 0 Å². The number of aryl methyl sites for hydroxylation is 1. The molecule has 2 aliphatic heterocycles. The van der Waals surface area contributed by atoms with E-state index >= 15 is 0 Å². The number of pyridine rings is 1. The van der Waals surface area contributed by atoms with Crippen LogP contribution in [-0.2, 0) is 17.6 Å². The lowest BCUT2D eigenvalue weighted by Gasteiger charge is -2.43. The summed E-state index contributed by atoms with van der Waals surface area (Å²) < 4.78 is 0. The van der Waals surface area contributed by atoms with Crippen molar-refractivity contribution in [2.24, 2.45) is 5.92 Å². The number of rotatable bonds is 5. The molecular weight excluding hydrogens is 544 g/mol. The van der Waals surface area contributed by atoms with Crippen LogP contribution >= 0.6 is 0 Å². The monoisotopic (exact) mass is 584 g/mol. The van der Waals surface area contributed by atoms with Crippen LogP contribution in [0.15, 0.2) is 97.1 Å². The molecule has 7 rings (SSSR count). The van der Waals surface area contributed by atoms with Gasteiger partial charge in [0.05, 0.1) is 11.4 Å². The van der Waals surface area contributed by atoms with Gasteiger partial charge in [-0.1, -0.05) is 84.9 Å². The van der Waals surface area contributed by atoms with Crippen LogP contribution < -0.4 is 0 Å². The van der Waals surface area contributed by atoms with Crippen molar-refractivity contribution >= 4 is 11.8 Å². The molecule has 1 unspecified atom stereocenters. The van der Waals surface area contributed by atoms with Gasteiger partial charge in [-0.05, 0) is 55.4 Å². The van der Waals surface area contributed by atoms with E-state index in [4.69, 9.17) is 4.98 Å². The summed E-state index contributed by atoms with van der Waals surface area (Å²) in [7, 11) is 0. The number of carbonyl (C=O) groups excluding carboxylic acids is 2. The molecule has 2 fully saturated rings. The highest BCUT2D eigenvalue weighted by atomic mass is 16.2. The van der Waals surface area contributed by atoms with E-state index in [9.17, 15) is 9.59 Å². The topological polar surface area (TPSA) is 56.8 Å². The number of piperazine rings is 1. The van der Waals surface area contributed by atoms with E-state index in [1.54, 1.807) is 0 Å². The number of nitrogens with zero attached hydrogens (tertiary/aromatic N) is 4. The fraction of sp³-hybridized carbons (Fsp3) is 0.342. The van der Waals surface area contributed by atoms with E-state index in [1.807, 2.05) is 77.7 Å². The van der Waals surface area contributed by atoms with Gasteiger partial charge in [0.25, 0.3) is 5.91 Å². The Balaban J connectivity index is 0.966. The van der Waals surface area contributed by atoms with Gasteiger partial charge < -0.3 is 9.80 Å². The number of carbonyl (C=O) groups is 2. The average molecular weight is 585 g/mol. The Labute approximate surface area is 260 Å². The third-order valence-corrected chi connectivity index (χ3v) is 9.80. The summed E-state index contributed by atoms with van der Waals surface area (Å²) >= 11 is 0. The molecule has 6 nitrogen and oxygen atoms in total. The predicted molar refractivity (Wildman–Crippen MR) is 174 cm³/mol. The number of benzene rings is 3. The molecule has 0 N–H and O–H groups in total. The van der Waals surface area contributed by atoms with Crippen LogP contribution in [0.1, 0.15) is 40.7 Å². The Hall–Kier alpha value is -4.29. The molecule has 1 atom stereocenters. The van der Waals surface area contributed by atoms with Gasteiger partial charge in [0, 0.05) is 67.9 Å². The summed E-state index contributed by atoms with van der Waals surface area (Å²) in [5, 5.41) is 0. The van der Waals surface area contributed by atoms with Crippen LogP contribution in [0.5, 0.6) is 0 Å². The fourth-order valence-electron chi connectivity index (χ4n) is 7.26. The van der Waals surface area contributed by atoms with Crippen LogP contribution in [-0.4, -0.2) is 76.8 Å². The number of hydrogen-bond acceptors (Lipinski definition) is 4. The first-order chi connectivity index (χ1) is 21.6. The summed E-state index contributed by atoms with van der Waals surface area (Å²) in [6, 6.07) is 33.1. The highest BCUT2D eigenvalue weighted by Gasteiger charge is 2.34. The number of fused-ring (bicyclic) bond motifs is 1. The molecule has 0 spiro atoms. The van der Waals surface area contributed by atoms with Crippen molar-refractivity contribution in [2.75, 3.05) is 39.3 Å². The number of piperidine rings is 1. The molecule has 0 saturated carbocycles. The molecular formula is C38H40N4O2. The van der Waals surface area contributed by atoms with Crippen molar-refractivity contribution in [1.82, 2.24) is 19.7 Å². The zero-order chi connectivity index (χ0) is 29.9. The Bertz CT molecular complexity index is 1550. The number of aromatic nitrogens is 1. The zero-order valence-electron chi connectivity index (χ0n) is 25.3. The number of likely N-dealkylation sites (tertiary alicyclic amines) is 1. The summed E-state index contributed by atoms with van der Waals surface area (Å²) in [5.74, 6) is 0.528. The van der Waals surface area contributed by atoms with Crippen LogP contribution in [0.25, 0.3) is 22.5 Å². The van der Waals surface area contributed by atoms with Crippen molar-refractivity contribution < 1.29 is 9.59 Å². The second-order valence-electron chi connectivity index (χ2n) is 12.5. The SMILES string of the molecule is O=C(c1cc(-c2ccccc2)nc(-c2ccccc2)c1)N1CCN(C2CCN(C(=O)C3CCc4ccccc4C3)CC2)CC1. The van der Waals surface area contributed by atoms with E-state index in [0.29, 0.717) is 30.6 Å². The Morgan fingerprint density at radius 3 is 1.80 bits per heavy atom. The second kappa shape index (κ2) is 12.7. The van der Waals surface area contributed by atoms with E-state index in [1.165, 1.54) is 11.1 Å². The molecule has 6 heteroatoms. The van der Waals surface area contributed by atoms with Crippen LogP contribution in [0.3, 0.4) is 0 Å². The summed E-state index contributed by atoms with van der Waals surface area (Å²) in [6.07, 6.45) is 4.86. The molecule has 1 aliphatic carbocycles. The van der Waals surface area contributed by atoms with Gasteiger partial charge in [-0.3, -0.25) is 14.5 Å². The minimum atomic E-state index is 0.0656. The lowest BCUT2D eigenvalue weighted by atomic mass is 9.83. The molecule has 2 saturated heterocycles. The smallest absolute Gasteiger partial charge is 0.254 e. The Morgan fingerprint density at radius 1 is 0.614 bits per heavy atom.